The molecule has 0 bridgehead atoms. The van der Waals surface area contributed by atoms with Crippen molar-refractivity contribution in [3.05, 3.63) is 54.1 Å². The van der Waals surface area contributed by atoms with Crippen LogP contribution in [0.15, 0.2) is 48.5 Å². The number of carbonyl (C=O) groups excluding carboxylic acids is 2. The highest BCUT2D eigenvalue weighted by atomic mass is 16.5. The van der Waals surface area contributed by atoms with Gasteiger partial charge >= 0.3 is 0 Å². The van der Waals surface area contributed by atoms with E-state index in [-0.39, 0.29) is 24.5 Å². The zero-order valence-electron chi connectivity index (χ0n) is 19.2. The van der Waals surface area contributed by atoms with E-state index in [0.29, 0.717) is 29.5 Å². The molecule has 1 unspecified atom stereocenters. The Morgan fingerprint density at radius 3 is 2.58 bits per heavy atom. The Kier molecular flexibility index (Phi) is 7.83. The van der Waals surface area contributed by atoms with Crippen molar-refractivity contribution in [3.63, 3.8) is 0 Å². The van der Waals surface area contributed by atoms with Crippen LogP contribution in [0.25, 0.3) is 0 Å². The maximum Gasteiger partial charge on any atom is 0.253 e. The molecule has 1 atom stereocenters. The van der Waals surface area contributed by atoms with Crippen molar-refractivity contribution in [1.82, 2.24) is 4.90 Å². The van der Waals surface area contributed by atoms with Crippen molar-refractivity contribution in [2.45, 2.75) is 38.7 Å². The van der Waals surface area contributed by atoms with E-state index in [1.54, 1.807) is 0 Å². The molecule has 176 valence electrons. The molecule has 4 rings (SSSR count). The third-order valence-corrected chi connectivity index (χ3v) is 6.23. The van der Waals surface area contributed by atoms with Gasteiger partial charge in [0.1, 0.15) is 12.4 Å². The maximum absolute atomic E-state index is 12.7. The number of amides is 2. The smallest absolute Gasteiger partial charge is 0.253 e. The molecule has 2 aliphatic heterocycles. The van der Waals surface area contributed by atoms with Crippen molar-refractivity contribution < 1.29 is 19.1 Å². The van der Waals surface area contributed by atoms with Gasteiger partial charge in [0.15, 0.2) is 0 Å². The van der Waals surface area contributed by atoms with Gasteiger partial charge in [0, 0.05) is 42.7 Å². The summed E-state index contributed by atoms with van der Waals surface area (Å²) in [6, 6.07) is 14.7. The second kappa shape index (κ2) is 11.2. The van der Waals surface area contributed by atoms with Crippen LogP contribution < -0.4 is 15.4 Å². The van der Waals surface area contributed by atoms with E-state index < -0.39 is 0 Å². The number of benzene rings is 2. The molecule has 33 heavy (non-hydrogen) atoms. The Hall–Kier alpha value is -3.06. The maximum atomic E-state index is 12.7. The Bertz CT molecular complexity index is 933. The molecule has 2 amide bonds. The number of nitrogens with zero attached hydrogens (tertiary/aromatic N) is 1. The predicted molar refractivity (Wildman–Crippen MR) is 129 cm³/mol. The lowest BCUT2D eigenvalue weighted by atomic mass is 9.98. The van der Waals surface area contributed by atoms with Crippen molar-refractivity contribution in [1.29, 1.82) is 0 Å². The standard InChI is InChI=1S/C26H33N3O4/c1-19-11-13-29(14-12-19)26(31)20-7-9-21(10-8-20)27-17-25(30)28-22-4-2-5-23(16-22)33-18-24-6-3-15-32-24/h2,4-5,7-10,16,19,24,27H,3,6,11-15,17-18H2,1H3,(H,28,30). The van der Waals surface area contributed by atoms with E-state index in [9.17, 15) is 9.59 Å². The van der Waals surface area contributed by atoms with Crippen LogP contribution in [-0.2, 0) is 9.53 Å². The van der Waals surface area contributed by atoms with Gasteiger partial charge in [0.05, 0.1) is 12.6 Å². The van der Waals surface area contributed by atoms with Gasteiger partial charge in [-0.2, -0.15) is 0 Å². The van der Waals surface area contributed by atoms with Crippen LogP contribution in [-0.4, -0.2) is 55.7 Å². The lowest BCUT2D eigenvalue weighted by Gasteiger charge is -2.30. The minimum absolute atomic E-state index is 0.0767. The summed E-state index contributed by atoms with van der Waals surface area (Å²) in [5.74, 6) is 1.31. The molecule has 0 aromatic heterocycles. The monoisotopic (exact) mass is 451 g/mol. The third kappa shape index (κ3) is 6.71. The van der Waals surface area contributed by atoms with Gasteiger partial charge in [-0.25, -0.2) is 0 Å². The normalized spacial score (nSPS) is 18.7. The zero-order valence-corrected chi connectivity index (χ0v) is 19.2. The quantitative estimate of drug-likeness (QED) is 0.630. The van der Waals surface area contributed by atoms with Crippen LogP contribution in [0.3, 0.4) is 0 Å². The minimum atomic E-state index is -0.158. The molecule has 7 heteroatoms. The topological polar surface area (TPSA) is 79.9 Å². The van der Waals surface area contributed by atoms with Gasteiger partial charge < -0.3 is 25.0 Å². The number of rotatable bonds is 8. The van der Waals surface area contributed by atoms with E-state index in [1.807, 2.05) is 53.4 Å². The molecule has 0 saturated carbocycles. The SMILES string of the molecule is CC1CCN(C(=O)c2ccc(NCC(=O)Nc3cccc(OCC4CCCO4)c3)cc2)CC1. The van der Waals surface area contributed by atoms with Crippen LogP contribution in [0.1, 0.15) is 43.0 Å². The van der Waals surface area contributed by atoms with Crippen molar-refractivity contribution >= 4 is 23.2 Å². The molecule has 2 fully saturated rings. The summed E-state index contributed by atoms with van der Waals surface area (Å²) in [5.41, 5.74) is 2.16. The lowest BCUT2D eigenvalue weighted by Crippen LogP contribution is -2.37. The molecule has 7 nitrogen and oxygen atoms in total. The first-order chi connectivity index (χ1) is 16.1. The highest BCUT2D eigenvalue weighted by molar-refractivity contribution is 5.95. The van der Waals surface area contributed by atoms with E-state index >= 15 is 0 Å². The molecule has 2 N–H and O–H groups in total. The molecule has 2 aliphatic rings. The molecule has 2 saturated heterocycles. The number of carbonyl (C=O) groups is 2. The second-order valence-electron chi connectivity index (χ2n) is 8.93. The summed E-state index contributed by atoms with van der Waals surface area (Å²) < 4.78 is 11.4. The zero-order chi connectivity index (χ0) is 23.0. The van der Waals surface area contributed by atoms with E-state index in [1.165, 1.54) is 0 Å². The van der Waals surface area contributed by atoms with Gasteiger partial charge in [-0.05, 0) is 68.0 Å². The van der Waals surface area contributed by atoms with Crippen LogP contribution in [0.2, 0.25) is 0 Å². The number of hydrogen-bond donors (Lipinski definition) is 2. The fourth-order valence-electron chi connectivity index (χ4n) is 4.14. The van der Waals surface area contributed by atoms with Crippen LogP contribution >= 0.6 is 0 Å². The number of anilines is 2. The molecule has 2 aromatic carbocycles. The number of piperidine rings is 1. The average Bonchev–Trinajstić information content (AvgIpc) is 3.36. The minimum Gasteiger partial charge on any atom is -0.491 e. The Balaban J connectivity index is 1.22. The van der Waals surface area contributed by atoms with E-state index in [0.717, 1.165) is 51.1 Å². The fourth-order valence-corrected chi connectivity index (χ4v) is 4.14. The Morgan fingerprint density at radius 2 is 1.85 bits per heavy atom. The largest absolute Gasteiger partial charge is 0.491 e. The Morgan fingerprint density at radius 1 is 1.06 bits per heavy atom. The Labute approximate surface area is 195 Å². The lowest BCUT2D eigenvalue weighted by molar-refractivity contribution is -0.114. The van der Waals surface area contributed by atoms with Crippen LogP contribution in [0.4, 0.5) is 11.4 Å². The summed E-state index contributed by atoms with van der Waals surface area (Å²) in [6.45, 7) is 5.32. The van der Waals surface area contributed by atoms with E-state index in [4.69, 9.17) is 9.47 Å². The molecule has 0 aliphatic carbocycles. The van der Waals surface area contributed by atoms with Gasteiger partial charge in [-0.1, -0.05) is 13.0 Å². The summed E-state index contributed by atoms with van der Waals surface area (Å²) in [5, 5.41) is 5.99. The van der Waals surface area contributed by atoms with Gasteiger partial charge in [-0.15, -0.1) is 0 Å². The van der Waals surface area contributed by atoms with Crippen LogP contribution in [0, 0.1) is 5.92 Å². The fraction of sp³-hybridized carbons (Fsp3) is 0.462. The first kappa shape index (κ1) is 23.1. The number of hydrogen-bond acceptors (Lipinski definition) is 5. The highest BCUT2D eigenvalue weighted by Crippen LogP contribution is 2.21. The summed E-state index contributed by atoms with van der Waals surface area (Å²) in [4.78, 5) is 27.0. The molecular weight excluding hydrogens is 418 g/mol. The van der Waals surface area contributed by atoms with Gasteiger partial charge in [0.25, 0.3) is 5.91 Å². The van der Waals surface area contributed by atoms with Gasteiger partial charge in [-0.3, -0.25) is 9.59 Å². The molecule has 2 heterocycles. The molecular formula is C26H33N3O4. The van der Waals surface area contributed by atoms with E-state index in [2.05, 4.69) is 17.6 Å². The third-order valence-electron chi connectivity index (χ3n) is 6.23. The number of likely N-dealkylation sites (tertiary alicyclic amines) is 1. The summed E-state index contributed by atoms with van der Waals surface area (Å²) in [7, 11) is 0. The number of ether oxygens (including phenoxy) is 2. The predicted octanol–water partition coefficient (Wildman–Crippen LogP) is 4.17. The molecule has 0 spiro atoms. The summed E-state index contributed by atoms with van der Waals surface area (Å²) in [6.07, 6.45) is 4.37. The van der Waals surface area contributed by atoms with Crippen molar-refractivity contribution in [3.8, 4) is 5.75 Å². The first-order valence-corrected chi connectivity index (χ1v) is 11.8. The first-order valence-electron chi connectivity index (χ1n) is 11.8. The van der Waals surface area contributed by atoms with Gasteiger partial charge in [0.2, 0.25) is 5.91 Å². The molecule has 2 aromatic rings. The van der Waals surface area contributed by atoms with Crippen LogP contribution in [0.5, 0.6) is 5.75 Å². The average molecular weight is 452 g/mol. The second-order valence-corrected chi connectivity index (χ2v) is 8.93. The van der Waals surface area contributed by atoms with Crippen molar-refractivity contribution in [2.24, 2.45) is 5.92 Å². The summed E-state index contributed by atoms with van der Waals surface area (Å²) >= 11 is 0. The number of nitrogens with one attached hydrogen (secondary N) is 2. The molecule has 0 radical (unpaired) electrons. The highest BCUT2D eigenvalue weighted by Gasteiger charge is 2.21. The van der Waals surface area contributed by atoms with Crippen molar-refractivity contribution in [2.75, 3.05) is 43.5 Å².